The molecule has 0 atom stereocenters. The number of amides is 1. The molecular weight excluding hydrogens is 286 g/mol. The van der Waals surface area contributed by atoms with E-state index in [1.807, 2.05) is 32.9 Å². The molecule has 2 heterocycles. The normalized spacial score (nSPS) is 9.95. The zero-order valence-electron chi connectivity index (χ0n) is 11.9. The number of aryl methyl sites for hydroxylation is 1. The first-order valence-electron chi connectivity index (χ1n) is 6.19. The van der Waals surface area contributed by atoms with E-state index in [0.717, 1.165) is 15.4 Å². The minimum Gasteiger partial charge on any atom is -0.316 e. The van der Waals surface area contributed by atoms with Gasteiger partial charge in [0.15, 0.2) is 11.4 Å². The van der Waals surface area contributed by atoms with Gasteiger partial charge in [-0.15, -0.1) is 11.3 Å². The molecule has 2 aromatic heterocycles. The summed E-state index contributed by atoms with van der Waals surface area (Å²) in [5.74, 6) is -0.252. The van der Waals surface area contributed by atoms with Crippen LogP contribution >= 0.6 is 11.3 Å². The maximum absolute atomic E-state index is 12.1. The fourth-order valence-corrected chi connectivity index (χ4v) is 2.97. The lowest BCUT2D eigenvalue weighted by Gasteiger charge is -2.05. The third-order valence-corrected chi connectivity index (χ3v) is 4.53. The van der Waals surface area contributed by atoms with Crippen LogP contribution in [-0.4, -0.2) is 15.5 Å². The third kappa shape index (κ3) is 2.78. The molecule has 0 aliphatic carbocycles. The highest BCUT2D eigenvalue weighted by Gasteiger charge is 2.15. The Hall–Kier alpha value is -2.64. The fraction of sp³-hybridized carbons (Fsp3) is 0.286. The molecule has 2 rings (SSSR count). The lowest BCUT2D eigenvalue weighted by atomic mass is 10.2. The molecule has 0 bridgehead atoms. The maximum Gasteiger partial charge on any atom is 0.245 e. The number of nitrogens with one attached hydrogen (secondary N) is 1. The van der Waals surface area contributed by atoms with Crippen LogP contribution in [0, 0.1) is 43.4 Å². The van der Waals surface area contributed by atoms with E-state index >= 15 is 0 Å². The van der Waals surface area contributed by atoms with Crippen molar-refractivity contribution in [2.45, 2.75) is 27.3 Å². The van der Waals surface area contributed by atoms with Crippen molar-refractivity contribution in [2.75, 3.05) is 5.32 Å². The van der Waals surface area contributed by atoms with Gasteiger partial charge in [-0.2, -0.15) is 10.5 Å². The number of hydrogen-bond donors (Lipinski definition) is 1. The van der Waals surface area contributed by atoms with Crippen molar-refractivity contribution in [2.24, 2.45) is 0 Å². The summed E-state index contributed by atoms with van der Waals surface area (Å²) < 4.78 is 1.37. The van der Waals surface area contributed by atoms with Crippen molar-refractivity contribution >= 4 is 22.2 Å². The smallest absolute Gasteiger partial charge is 0.245 e. The first-order valence-corrected chi connectivity index (χ1v) is 7.01. The van der Waals surface area contributed by atoms with E-state index in [9.17, 15) is 4.79 Å². The molecule has 7 heteroatoms. The number of anilines is 1. The van der Waals surface area contributed by atoms with Crippen LogP contribution in [0.4, 0.5) is 5.00 Å². The highest BCUT2D eigenvalue weighted by molar-refractivity contribution is 7.16. The van der Waals surface area contributed by atoms with Gasteiger partial charge in [0.05, 0.1) is 11.3 Å². The van der Waals surface area contributed by atoms with Crippen molar-refractivity contribution in [1.29, 1.82) is 10.5 Å². The first-order chi connectivity index (χ1) is 9.97. The molecular formula is C14H13N5OS. The number of aromatic nitrogens is 2. The Bertz CT molecular complexity index is 788. The van der Waals surface area contributed by atoms with E-state index in [1.54, 1.807) is 0 Å². The molecule has 6 nitrogen and oxygen atoms in total. The molecule has 0 aliphatic heterocycles. The molecule has 1 amide bonds. The van der Waals surface area contributed by atoms with Crippen LogP contribution in [0.2, 0.25) is 0 Å². The minimum absolute atomic E-state index is 0.0318. The van der Waals surface area contributed by atoms with Gasteiger partial charge in [0.25, 0.3) is 0 Å². The van der Waals surface area contributed by atoms with Gasteiger partial charge in [-0.1, -0.05) is 0 Å². The second-order valence-corrected chi connectivity index (χ2v) is 5.80. The standard InChI is InChI=1S/C14H13N5OS/c1-8-9(2)14(21-10(8)3)18-13(20)6-19-7-17-11(4-15)12(19)5-16/h7H,6H2,1-3H3,(H,18,20). The predicted octanol–water partition coefficient (Wildman–Crippen LogP) is 2.25. The summed E-state index contributed by atoms with van der Waals surface area (Å²) >= 11 is 1.53. The number of nitrogens with zero attached hydrogens (tertiary/aromatic N) is 4. The average Bonchev–Trinajstić information content (AvgIpc) is 2.95. The lowest BCUT2D eigenvalue weighted by molar-refractivity contribution is -0.116. The Morgan fingerprint density at radius 3 is 2.57 bits per heavy atom. The molecule has 0 saturated carbocycles. The Balaban J connectivity index is 2.16. The van der Waals surface area contributed by atoms with Gasteiger partial charge in [-0.3, -0.25) is 4.79 Å². The minimum atomic E-state index is -0.252. The van der Waals surface area contributed by atoms with E-state index in [-0.39, 0.29) is 23.8 Å². The summed E-state index contributed by atoms with van der Waals surface area (Å²) in [4.78, 5) is 17.0. The molecule has 1 N–H and O–H groups in total. The van der Waals surface area contributed by atoms with Crippen molar-refractivity contribution in [3.05, 3.63) is 33.7 Å². The van der Waals surface area contributed by atoms with Gasteiger partial charge in [0.1, 0.15) is 18.7 Å². The molecule has 0 unspecified atom stereocenters. The number of rotatable bonds is 3. The van der Waals surface area contributed by atoms with Crippen molar-refractivity contribution in [1.82, 2.24) is 9.55 Å². The van der Waals surface area contributed by atoms with Crippen molar-refractivity contribution in [3.63, 3.8) is 0 Å². The Labute approximate surface area is 126 Å². The molecule has 0 aromatic carbocycles. The van der Waals surface area contributed by atoms with Gasteiger partial charge >= 0.3 is 0 Å². The molecule has 0 fully saturated rings. The van der Waals surface area contributed by atoms with E-state index < -0.39 is 0 Å². The van der Waals surface area contributed by atoms with Crippen LogP contribution in [-0.2, 0) is 11.3 Å². The van der Waals surface area contributed by atoms with Gasteiger partial charge in [0.2, 0.25) is 5.91 Å². The monoisotopic (exact) mass is 299 g/mol. The number of thiophene rings is 1. The number of carbonyl (C=O) groups excluding carboxylic acids is 1. The molecule has 0 radical (unpaired) electrons. The number of nitriles is 2. The summed E-state index contributed by atoms with van der Waals surface area (Å²) in [5.41, 5.74) is 2.35. The summed E-state index contributed by atoms with van der Waals surface area (Å²) in [5, 5.41) is 21.5. The zero-order valence-corrected chi connectivity index (χ0v) is 12.7. The third-order valence-electron chi connectivity index (χ3n) is 3.30. The maximum atomic E-state index is 12.1. The van der Waals surface area contributed by atoms with Crippen LogP contribution in [0.1, 0.15) is 27.4 Å². The number of imidazole rings is 1. The van der Waals surface area contributed by atoms with Crippen molar-refractivity contribution in [3.8, 4) is 12.1 Å². The van der Waals surface area contributed by atoms with Crippen LogP contribution in [0.15, 0.2) is 6.33 Å². The Kier molecular flexibility index (Phi) is 4.06. The molecule has 2 aromatic rings. The topological polar surface area (TPSA) is 94.5 Å². The summed E-state index contributed by atoms with van der Waals surface area (Å²) in [6.45, 7) is 5.93. The summed E-state index contributed by atoms with van der Waals surface area (Å²) in [6, 6.07) is 3.72. The van der Waals surface area contributed by atoms with E-state index in [1.165, 1.54) is 27.8 Å². The first kappa shape index (κ1) is 14.8. The number of hydrogen-bond acceptors (Lipinski definition) is 5. The summed E-state index contributed by atoms with van der Waals surface area (Å²) in [6.07, 6.45) is 1.33. The van der Waals surface area contributed by atoms with Crippen LogP contribution in [0.5, 0.6) is 0 Å². The average molecular weight is 299 g/mol. The molecule has 21 heavy (non-hydrogen) atoms. The largest absolute Gasteiger partial charge is 0.316 e. The molecule has 0 saturated heterocycles. The van der Waals surface area contributed by atoms with Crippen LogP contribution < -0.4 is 5.32 Å². The summed E-state index contributed by atoms with van der Waals surface area (Å²) in [7, 11) is 0. The van der Waals surface area contributed by atoms with E-state index in [0.29, 0.717) is 0 Å². The molecule has 106 valence electrons. The fourth-order valence-electron chi connectivity index (χ4n) is 1.88. The quantitative estimate of drug-likeness (QED) is 0.940. The van der Waals surface area contributed by atoms with Gasteiger partial charge < -0.3 is 9.88 Å². The van der Waals surface area contributed by atoms with Gasteiger partial charge in [0, 0.05) is 4.88 Å². The Morgan fingerprint density at radius 1 is 1.33 bits per heavy atom. The lowest BCUT2D eigenvalue weighted by Crippen LogP contribution is -2.19. The number of carbonyl (C=O) groups is 1. The van der Waals surface area contributed by atoms with E-state index in [4.69, 9.17) is 10.5 Å². The Morgan fingerprint density at radius 2 is 2.05 bits per heavy atom. The van der Waals surface area contributed by atoms with E-state index in [2.05, 4.69) is 10.3 Å². The molecule has 0 spiro atoms. The highest BCUT2D eigenvalue weighted by Crippen LogP contribution is 2.31. The SMILES string of the molecule is Cc1sc(NC(=O)Cn2cnc(C#N)c2C#N)c(C)c1C. The highest BCUT2D eigenvalue weighted by atomic mass is 32.1. The van der Waals surface area contributed by atoms with Crippen LogP contribution in [0.3, 0.4) is 0 Å². The van der Waals surface area contributed by atoms with Crippen molar-refractivity contribution < 1.29 is 4.79 Å². The predicted molar refractivity (Wildman–Crippen MR) is 78.8 cm³/mol. The van der Waals surface area contributed by atoms with Crippen LogP contribution in [0.25, 0.3) is 0 Å². The molecule has 0 aliphatic rings. The van der Waals surface area contributed by atoms with Gasteiger partial charge in [-0.25, -0.2) is 4.98 Å². The van der Waals surface area contributed by atoms with Gasteiger partial charge in [-0.05, 0) is 31.9 Å². The second-order valence-electron chi connectivity index (χ2n) is 4.58. The second kappa shape index (κ2) is 5.78. The zero-order chi connectivity index (χ0) is 15.6.